The third kappa shape index (κ3) is 23.0. The van der Waals surface area contributed by atoms with Gasteiger partial charge in [0.2, 0.25) is 0 Å². The third-order valence-corrected chi connectivity index (χ3v) is 14.5. The number of esters is 1. The summed E-state index contributed by atoms with van der Waals surface area (Å²) < 4.78 is 66.0. The van der Waals surface area contributed by atoms with Gasteiger partial charge in [-0.1, -0.05) is 104 Å². The molecule has 0 unspecified atom stereocenters. The van der Waals surface area contributed by atoms with E-state index in [2.05, 4.69) is 43.1 Å². The lowest BCUT2D eigenvalue weighted by Gasteiger charge is -2.14. The summed E-state index contributed by atoms with van der Waals surface area (Å²) in [4.78, 5) is 34.2. The van der Waals surface area contributed by atoms with E-state index >= 15 is 0 Å². The molecule has 0 aliphatic rings. The van der Waals surface area contributed by atoms with Crippen LogP contribution in [0.3, 0.4) is 0 Å². The Morgan fingerprint density at radius 3 is 1.54 bits per heavy atom. The Morgan fingerprint density at radius 1 is 0.639 bits per heavy atom. The highest BCUT2D eigenvalue weighted by Crippen LogP contribution is 2.34. The van der Waals surface area contributed by atoms with E-state index in [0.717, 1.165) is 73.7 Å². The van der Waals surface area contributed by atoms with Crippen LogP contribution in [-0.4, -0.2) is 74.3 Å². The Bertz CT molecular complexity index is 3090. The highest BCUT2D eigenvalue weighted by atomic mass is 79.9. The van der Waals surface area contributed by atoms with Gasteiger partial charge < -0.3 is 47.9 Å². The zero-order chi connectivity index (χ0) is 56.0. The number of thiazole rings is 2. The Balaban J connectivity index is 0.000000651. The molecule has 0 bridgehead atoms. The molecule has 22 heteroatoms. The van der Waals surface area contributed by atoms with Crippen LogP contribution in [0.15, 0.2) is 123 Å². The van der Waals surface area contributed by atoms with Gasteiger partial charge in [0.1, 0.15) is 42.2 Å². The molecule has 4 aromatic carbocycles. The Kier molecular flexibility index (Phi) is 33.9. The van der Waals surface area contributed by atoms with Crippen molar-refractivity contribution in [2.45, 2.75) is 135 Å². The number of benzene rings is 4. The molecule has 8 aromatic rings. The zero-order valence-corrected chi connectivity index (χ0v) is 46.9. The number of ether oxygens (including phenoxy) is 5. The molecule has 0 saturated heterocycles. The van der Waals surface area contributed by atoms with Crippen LogP contribution in [0, 0.1) is 25.5 Å². The van der Waals surface area contributed by atoms with Crippen molar-refractivity contribution in [2.75, 3.05) is 19.8 Å². The van der Waals surface area contributed by atoms with Crippen molar-refractivity contribution in [1.29, 1.82) is 0 Å². The Morgan fingerprint density at radius 2 is 1.12 bits per heavy atom. The summed E-state index contributed by atoms with van der Waals surface area (Å²) in [5.41, 5.74) is 5.61. The molecule has 452 valence electrons. The minimum Gasteiger partial charge on any atom is -0.491 e. The van der Waals surface area contributed by atoms with Crippen molar-refractivity contribution in [3.63, 3.8) is 0 Å². The fourth-order valence-electron chi connectivity index (χ4n) is 7.45. The number of hydrogen-bond acceptors (Lipinski definition) is 17. The van der Waals surface area contributed by atoms with Crippen LogP contribution in [-0.2, 0) is 27.5 Å². The number of unbranched alkanes of at least 4 members (excludes halogenated alkanes) is 2. The average molecular weight is 1250 g/mol. The number of aryl methyl sites for hydroxylation is 2. The van der Waals surface area contributed by atoms with Crippen LogP contribution in [0.25, 0.3) is 10.6 Å². The number of aliphatic carboxylic acids is 1. The summed E-state index contributed by atoms with van der Waals surface area (Å²) in [7, 11) is -1.65. The molecule has 0 fully saturated rings. The lowest BCUT2D eigenvalue weighted by Crippen LogP contribution is -2.30. The monoisotopic (exact) mass is 1250 g/mol. The highest BCUT2D eigenvalue weighted by molar-refractivity contribution is 9.11. The molecule has 0 spiro atoms. The number of carboxylic acid groups (broad SMARTS) is 1. The van der Waals surface area contributed by atoms with E-state index in [4.69, 9.17) is 42.8 Å². The number of halogens is 3. The predicted octanol–water partition coefficient (Wildman–Crippen LogP) is 15.3. The Labute approximate surface area is 504 Å². The lowest BCUT2D eigenvalue weighted by molar-refractivity contribution is -0.143. The van der Waals surface area contributed by atoms with Gasteiger partial charge in [0.15, 0.2) is 27.1 Å². The van der Waals surface area contributed by atoms with Gasteiger partial charge in [-0.05, 0) is 121 Å². The van der Waals surface area contributed by atoms with Crippen molar-refractivity contribution < 1.29 is 66.3 Å². The van der Waals surface area contributed by atoms with Gasteiger partial charge in [-0.25, -0.2) is 18.7 Å². The maximum atomic E-state index is 14.5. The topological polar surface area (TPSA) is 219 Å². The largest absolute Gasteiger partial charge is 0.491 e. The van der Waals surface area contributed by atoms with Crippen LogP contribution < -0.4 is 24.4 Å². The molecule has 0 aliphatic heterocycles. The van der Waals surface area contributed by atoms with Crippen molar-refractivity contribution >= 4 is 63.1 Å². The van der Waals surface area contributed by atoms with Gasteiger partial charge in [0.05, 0.1) is 65.2 Å². The molecule has 0 aliphatic carbocycles. The predicted molar refractivity (Wildman–Crippen MR) is 329 cm³/mol. The molecule has 8 rings (SSSR count). The minimum absolute atomic E-state index is 0. The smallest absolute Gasteiger partial charge is 0.488 e. The molecule has 4 heterocycles. The summed E-state index contributed by atoms with van der Waals surface area (Å²) in [5, 5.41) is 35.5. The SMILES string of the molecule is C.C.C.C.C.CCCCOc1ccc(-c2nc(C)c(COc3ccc([C@H](CC(=O)O)c4ccon4)cc3)s2)cc1F.CCCCOc1ccc(B(O)O)cc1F.CCOC(=O)C[C@@H](c1ccc(OCc2sc(Br)nc2C)cc1)c1ccon1. The zero-order valence-electron chi connectivity index (χ0n) is 43.7. The third-order valence-electron chi connectivity index (χ3n) is 11.7. The van der Waals surface area contributed by atoms with E-state index in [1.807, 2.05) is 63.2 Å². The molecule has 0 amide bonds. The molecule has 16 nitrogen and oxygen atoms in total. The molecule has 0 saturated carbocycles. The van der Waals surface area contributed by atoms with Crippen LogP contribution in [0.4, 0.5) is 8.78 Å². The van der Waals surface area contributed by atoms with E-state index in [9.17, 15) is 23.5 Å². The first-order valence-electron chi connectivity index (χ1n) is 25.1. The summed E-state index contributed by atoms with van der Waals surface area (Å²) in [5.74, 6) is -1.01. The molecular weight excluding hydrogens is 1170 g/mol. The molecule has 0 radical (unpaired) electrons. The van der Waals surface area contributed by atoms with E-state index < -0.39 is 30.6 Å². The van der Waals surface area contributed by atoms with Gasteiger partial charge in [0.25, 0.3) is 0 Å². The van der Waals surface area contributed by atoms with Crippen LogP contribution in [0.1, 0.15) is 152 Å². The van der Waals surface area contributed by atoms with E-state index in [-0.39, 0.29) is 78.8 Å². The van der Waals surface area contributed by atoms with E-state index in [0.29, 0.717) is 60.7 Å². The molecular formula is C61H80BBrF2N4O12S2. The second-order valence-corrected chi connectivity index (χ2v) is 20.8. The maximum Gasteiger partial charge on any atom is 0.488 e. The number of nitrogens with zero attached hydrogens (tertiary/aromatic N) is 4. The Hall–Kier alpha value is -6.98. The van der Waals surface area contributed by atoms with E-state index in [1.165, 1.54) is 42.1 Å². The number of carboxylic acids is 1. The number of carbonyl (C=O) groups is 2. The first-order valence-corrected chi connectivity index (χ1v) is 27.5. The van der Waals surface area contributed by atoms with Gasteiger partial charge in [0, 0.05) is 29.5 Å². The van der Waals surface area contributed by atoms with Crippen LogP contribution in [0.2, 0.25) is 0 Å². The second-order valence-electron chi connectivity index (χ2n) is 17.4. The number of hydrogen-bond donors (Lipinski definition) is 3. The minimum atomic E-state index is -1.65. The van der Waals surface area contributed by atoms with Crippen molar-refractivity contribution in [1.82, 2.24) is 20.3 Å². The summed E-state index contributed by atoms with van der Waals surface area (Å²) in [6.07, 6.45) is 6.75. The summed E-state index contributed by atoms with van der Waals surface area (Å²) in [6, 6.07) is 27.1. The summed E-state index contributed by atoms with van der Waals surface area (Å²) >= 11 is 6.40. The lowest BCUT2D eigenvalue weighted by atomic mass is 9.80. The number of carbonyl (C=O) groups excluding carboxylic acids is 1. The normalized spacial score (nSPS) is 10.9. The molecule has 4 aromatic heterocycles. The van der Waals surface area contributed by atoms with Crippen LogP contribution >= 0.6 is 38.6 Å². The molecule has 2 atom stereocenters. The highest BCUT2D eigenvalue weighted by Gasteiger charge is 2.23. The molecule has 83 heavy (non-hydrogen) atoms. The number of aromatic nitrogens is 4. The maximum absolute atomic E-state index is 14.5. The van der Waals surface area contributed by atoms with Crippen LogP contribution in [0.5, 0.6) is 23.0 Å². The summed E-state index contributed by atoms with van der Waals surface area (Å²) in [6.45, 7) is 11.8. The van der Waals surface area contributed by atoms with E-state index in [1.54, 1.807) is 48.6 Å². The van der Waals surface area contributed by atoms with Crippen molar-refractivity contribution in [3.05, 3.63) is 169 Å². The first-order chi connectivity index (χ1) is 37.6. The quantitative estimate of drug-likeness (QED) is 0.0275. The van der Waals surface area contributed by atoms with Gasteiger partial charge in [-0.2, -0.15) is 0 Å². The average Bonchev–Trinajstić information content (AvgIpc) is 4.52. The standard InChI is InChI=1S/C27H27FN2O5S.C19H19BrN2O4S.C10H14BFO3.5CH4/c1-3-4-12-33-24-10-7-19(14-22(24)28)27-29-17(2)25(36-27)16-34-20-8-5-18(6-9-20)21(15-26(31)32)23-11-13-35-30-23;1-3-24-18(23)10-15(16-8-9-26-22-16)13-4-6-14(7-5-13)25-11-17-12(2)21-19(20)27-17;1-2-3-6-15-10-5-4-8(11(13)14)7-9(10)12;;;;;/h5-11,13-14,21H,3-4,12,15-16H2,1-2H3,(H,31,32);4-9,15H,3,10-11H2,1-2H3;4-5,7,13-14H,2-3,6H2,1H3;5*1H4/t21-;15-;;;;;;/m00....../s1. The fraction of sp³-hybridized carbons (Fsp3) is 0.377. The first kappa shape index (κ1) is 74.0. The van der Waals surface area contributed by atoms with Gasteiger partial charge >= 0.3 is 19.1 Å². The fourth-order valence-corrected chi connectivity index (χ4v) is 9.97. The second kappa shape index (κ2) is 38.0. The van der Waals surface area contributed by atoms with Crippen molar-refractivity contribution in [3.8, 4) is 33.6 Å². The van der Waals surface area contributed by atoms with Crippen molar-refractivity contribution in [2.24, 2.45) is 0 Å². The van der Waals surface area contributed by atoms with Gasteiger partial charge in [-0.15, -0.1) is 22.7 Å². The van der Waals surface area contributed by atoms with Gasteiger partial charge in [-0.3, -0.25) is 9.59 Å². The number of rotatable bonds is 25. The molecule has 3 N–H and O–H groups in total.